The van der Waals surface area contributed by atoms with Gasteiger partial charge in [0.15, 0.2) is 11.4 Å². The van der Waals surface area contributed by atoms with Crippen LogP contribution in [0.25, 0.3) is 11.1 Å². The molecule has 6 heteroatoms. The maximum atomic E-state index is 11.0. The van der Waals surface area contributed by atoms with Gasteiger partial charge in [0.1, 0.15) is 0 Å². The fourth-order valence-electron chi connectivity index (χ4n) is 1.70. The monoisotopic (exact) mass is 231 g/mol. The molecule has 0 bridgehead atoms. The second kappa shape index (κ2) is 3.58. The number of hydrogen-bond acceptors (Lipinski definition) is 5. The van der Waals surface area contributed by atoms with Gasteiger partial charge in [0.05, 0.1) is 11.9 Å². The molecule has 1 aromatic carbocycles. The maximum Gasteiger partial charge on any atom is 0.417 e. The van der Waals surface area contributed by atoms with Gasteiger partial charge in [0.2, 0.25) is 5.89 Å². The van der Waals surface area contributed by atoms with Gasteiger partial charge in [0, 0.05) is 0 Å². The molecule has 0 aliphatic rings. The Kier molecular flexibility index (Phi) is 2.07. The van der Waals surface area contributed by atoms with Crippen LogP contribution in [0.2, 0.25) is 0 Å². The summed E-state index contributed by atoms with van der Waals surface area (Å²) in [6.45, 7) is 1.77. The van der Waals surface area contributed by atoms with Crippen LogP contribution >= 0.6 is 0 Å². The summed E-state index contributed by atoms with van der Waals surface area (Å²) < 4.78 is 9.94. The third-order valence-corrected chi connectivity index (χ3v) is 2.41. The summed E-state index contributed by atoms with van der Waals surface area (Å²) in [5.41, 5.74) is 2.18. The Morgan fingerprint density at radius 3 is 3.06 bits per heavy atom. The first-order valence-electron chi connectivity index (χ1n) is 5.12. The van der Waals surface area contributed by atoms with Gasteiger partial charge in [-0.3, -0.25) is 4.98 Å². The lowest BCUT2D eigenvalue weighted by Gasteiger charge is -1.95. The van der Waals surface area contributed by atoms with Crippen LogP contribution in [-0.4, -0.2) is 15.1 Å². The minimum Gasteiger partial charge on any atom is -0.408 e. The number of benzene rings is 1. The second-order valence-corrected chi connectivity index (χ2v) is 3.76. The SMILES string of the molecule is Cc1noc(Cc2ccc3oc(=O)[nH]c3c2)n1. The second-order valence-electron chi connectivity index (χ2n) is 3.76. The average molecular weight is 231 g/mol. The molecule has 6 nitrogen and oxygen atoms in total. The van der Waals surface area contributed by atoms with Crippen LogP contribution in [0.4, 0.5) is 0 Å². The minimum atomic E-state index is -0.453. The molecule has 0 aliphatic heterocycles. The van der Waals surface area contributed by atoms with Crippen LogP contribution in [-0.2, 0) is 6.42 Å². The highest BCUT2D eigenvalue weighted by molar-refractivity contribution is 5.72. The Morgan fingerprint density at radius 2 is 2.29 bits per heavy atom. The van der Waals surface area contributed by atoms with Crippen molar-refractivity contribution >= 4 is 11.1 Å². The summed E-state index contributed by atoms with van der Waals surface area (Å²) >= 11 is 0. The summed E-state index contributed by atoms with van der Waals surface area (Å²) in [4.78, 5) is 17.7. The van der Waals surface area contributed by atoms with Crippen molar-refractivity contribution in [3.63, 3.8) is 0 Å². The molecule has 2 aromatic heterocycles. The highest BCUT2D eigenvalue weighted by Gasteiger charge is 2.06. The molecule has 1 N–H and O–H groups in total. The van der Waals surface area contributed by atoms with E-state index in [1.54, 1.807) is 13.0 Å². The molecule has 0 unspecified atom stereocenters. The van der Waals surface area contributed by atoms with E-state index >= 15 is 0 Å². The molecule has 86 valence electrons. The molecule has 0 saturated carbocycles. The summed E-state index contributed by atoms with van der Waals surface area (Å²) in [7, 11) is 0. The number of nitrogens with zero attached hydrogens (tertiary/aromatic N) is 2. The third-order valence-electron chi connectivity index (χ3n) is 2.41. The fourth-order valence-corrected chi connectivity index (χ4v) is 1.70. The Bertz CT molecular complexity index is 723. The first kappa shape index (κ1) is 9.83. The summed E-state index contributed by atoms with van der Waals surface area (Å²) in [5.74, 6) is 0.705. The van der Waals surface area contributed by atoms with E-state index in [4.69, 9.17) is 8.94 Å². The number of H-pyrrole nitrogens is 1. The Hall–Kier alpha value is -2.37. The first-order chi connectivity index (χ1) is 8.20. The molecule has 0 aliphatic carbocycles. The van der Waals surface area contributed by atoms with Crippen LogP contribution in [0, 0.1) is 6.92 Å². The number of aromatic nitrogens is 3. The molecule has 0 saturated heterocycles. The zero-order valence-electron chi connectivity index (χ0n) is 9.06. The van der Waals surface area contributed by atoms with E-state index in [2.05, 4.69) is 15.1 Å². The van der Waals surface area contributed by atoms with Crippen LogP contribution in [0.15, 0.2) is 31.9 Å². The quantitative estimate of drug-likeness (QED) is 0.720. The first-order valence-corrected chi connectivity index (χ1v) is 5.12. The standard InChI is InChI=1S/C11H9N3O3/c1-6-12-10(17-14-6)5-7-2-3-9-8(4-7)13-11(15)16-9/h2-4H,5H2,1H3,(H,13,15). The van der Waals surface area contributed by atoms with E-state index in [0.29, 0.717) is 29.2 Å². The smallest absolute Gasteiger partial charge is 0.408 e. The predicted molar refractivity (Wildman–Crippen MR) is 58.7 cm³/mol. The number of nitrogens with one attached hydrogen (secondary N) is 1. The summed E-state index contributed by atoms with van der Waals surface area (Å²) in [5, 5.41) is 3.72. The van der Waals surface area contributed by atoms with Gasteiger partial charge in [-0.2, -0.15) is 4.98 Å². The fraction of sp³-hybridized carbons (Fsp3) is 0.182. The van der Waals surface area contributed by atoms with E-state index in [1.165, 1.54) is 0 Å². The molecular weight excluding hydrogens is 222 g/mol. The summed E-state index contributed by atoms with van der Waals surface area (Å²) in [6.07, 6.45) is 0.532. The number of fused-ring (bicyclic) bond motifs is 1. The lowest BCUT2D eigenvalue weighted by atomic mass is 10.1. The molecule has 2 heterocycles. The van der Waals surface area contributed by atoms with Gasteiger partial charge in [-0.25, -0.2) is 4.79 Å². The van der Waals surface area contributed by atoms with E-state index < -0.39 is 5.76 Å². The largest absolute Gasteiger partial charge is 0.417 e. The van der Waals surface area contributed by atoms with Gasteiger partial charge < -0.3 is 8.94 Å². The van der Waals surface area contributed by atoms with Crippen molar-refractivity contribution in [2.45, 2.75) is 13.3 Å². The predicted octanol–water partition coefficient (Wildman–Crippen LogP) is 1.40. The number of rotatable bonds is 2. The molecule has 0 amide bonds. The molecule has 3 rings (SSSR count). The molecule has 0 atom stereocenters. The lowest BCUT2D eigenvalue weighted by Crippen LogP contribution is -1.93. The molecule has 3 aromatic rings. The Labute approximate surface area is 95.3 Å². The molecule has 0 spiro atoms. The van der Waals surface area contributed by atoms with Gasteiger partial charge >= 0.3 is 5.76 Å². The van der Waals surface area contributed by atoms with Crippen LogP contribution < -0.4 is 5.76 Å². The van der Waals surface area contributed by atoms with Gasteiger partial charge in [-0.1, -0.05) is 11.2 Å². The number of hydrogen-bond donors (Lipinski definition) is 1. The highest BCUT2D eigenvalue weighted by atomic mass is 16.5. The maximum absolute atomic E-state index is 11.0. The number of aromatic amines is 1. The van der Waals surface area contributed by atoms with Crippen LogP contribution in [0.1, 0.15) is 17.3 Å². The van der Waals surface area contributed by atoms with Crippen molar-refractivity contribution in [3.8, 4) is 0 Å². The van der Waals surface area contributed by atoms with Gasteiger partial charge in [-0.05, 0) is 24.6 Å². The molecular formula is C11H9N3O3. The highest BCUT2D eigenvalue weighted by Crippen LogP contribution is 2.14. The minimum absolute atomic E-state index is 0.453. The van der Waals surface area contributed by atoms with E-state index in [9.17, 15) is 4.79 Å². The van der Waals surface area contributed by atoms with Crippen LogP contribution in [0.3, 0.4) is 0 Å². The van der Waals surface area contributed by atoms with Crippen molar-refractivity contribution in [2.24, 2.45) is 0 Å². The van der Waals surface area contributed by atoms with Crippen molar-refractivity contribution in [1.82, 2.24) is 15.1 Å². The van der Waals surface area contributed by atoms with E-state index in [-0.39, 0.29) is 0 Å². The molecule has 17 heavy (non-hydrogen) atoms. The molecule has 0 radical (unpaired) electrons. The number of oxazole rings is 1. The lowest BCUT2D eigenvalue weighted by molar-refractivity contribution is 0.381. The van der Waals surface area contributed by atoms with Gasteiger partial charge in [-0.15, -0.1) is 0 Å². The summed E-state index contributed by atoms with van der Waals surface area (Å²) in [6, 6.07) is 5.43. The number of aryl methyl sites for hydroxylation is 1. The zero-order valence-corrected chi connectivity index (χ0v) is 9.06. The van der Waals surface area contributed by atoms with Crippen molar-refractivity contribution in [3.05, 3.63) is 46.0 Å². The van der Waals surface area contributed by atoms with Crippen molar-refractivity contribution in [1.29, 1.82) is 0 Å². The van der Waals surface area contributed by atoms with Crippen molar-refractivity contribution < 1.29 is 8.94 Å². The third kappa shape index (κ3) is 1.84. The zero-order chi connectivity index (χ0) is 11.8. The van der Waals surface area contributed by atoms with E-state index in [1.807, 2.05) is 12.1 Å². The van der Waals surface area contributed by atoms with Gasteiger partial charge in [0.25, 0.3) is 0 Å². The topological polar surface area (TPSA) is 84.9 Å². The van der Waals surface area contributed by atoms with Crippen LogP contribution in [0.5, 0.6) is 0 Å². The Balaban J connectivity index is 1.97. The van der Waals surface area contributed by atoms with E-state index in [0.717, 1.165) is 5.56 Å². The normalized spacial score (nSPS) is 11.1. The van der Waals surface area contributed by atoms with Crippen molar-refractivity contribution in [2.75, 3.05) is 0 Å². The average Bonchev–Trinajstić information content (AvgIpc) is 2.83. The molecule has 0 fully saturated rings. The Morgan fingerprint density at radius 1 is 1.41 bits per heavy atom.